The number of hydrogen-bond acceptors (Lipinski definition) is 6. The Morgan fingerprint density at radius 1 is 0.826 bits per heavy atom. The molecule has 0 aromatic heterocycles. The van der Waals surface area contributed by atoms with E-state index in [0.717, 1.165) is 24.1 Å². The number of amides is 3. The topological polar surface area (TPSA) is 94.2 Å². The van der Waals surface area contributed by atoms with Crippen molar-refractivity contribution in [1.82, 2.24) is 20.4 Å². The Morgan fingerprint density at radius 3 is 2.15 bits per heavy atom. The van der Waals surface area contributed by atoms with Gasteiger partial charge in [0.1, 0.15) is 11.9 Å². The van der Waals surface area contributed by atoms with E-state index < -0.39 is 12.1 Å². The number of piperazine rings is 2. The highest BCUT2D eigenvalue weighted by molar-refractivity contribution is 6.00. The van der Waals surface area contributed by atoms with E-state index in [0.29, 0.717) is 81.2 Å². The third-order valence-corrected chi connectivity index (χ3v) is 9.76. The first kappa shape index (κ1) is 32.3. The number of anilines is 1. The van der Waals surface area contributed by atoms with Gasteiger partial charge in [-0.2, -0.15) is 13.2 Å². The summed E-state index contributed by atoms with van der Waals surface area (Å²) in [6, 6.07) is 10.9. The summed E-state index contributed by atoms with van der Waals surface area (Å²) < 4.78 is 46.4. The largest absolute Gasteiger partial charge is 0.489 e. The van der Waals surface area contributed by atoms with Crippen LogP contribution >= 0.6 is 0 Å². The number of alkyl halides is 3. The van der Waals surface area contributed by atoms with Gasteiger partial charge < -0.3 is 30.1 Å². The van der Waals surface area contributed by atoms with Crippen molar-refractivity contribution >= 4 is 23.4 Å². The van der Waals surface area contributed by atoms with Crippen LogP contribution in [0.2, 0.25) is 0 Å². The molecule has 0 radical (unpaired) electrons. The Bertz CT molecular complexity index is 1440. The number of benzene rings is 2. The lowest BCUT2D eigenvalue weighted by Gasteiger charge is -2.35. The quantitative estimate of drug-likeness (QED) is 0.494. The van der Waals surface area contributed by atoms with Gasteiger partial charge in [-0.25, -0.2) is 0 Å². The Morgan fingerprint density at radius 2 is 1.52 bits per heavy atom. The molecular formula is C34H42F3N5O4. The van der Waals surface area contributed by atoms with Crippen LogP contribution in [0.4, 0.5) is 18.9 Å². The second-order valence-electron chi connectivity index (χ2n) is 12.9. The summed E-state index contributed by atoms with van der Waals surface area (Å²) in [6.45, 7) is 6.41. The average molecular weight is 642 g/mol. The number of aryl methyl sites for hydroxylation is 1. The molecule has 46 heavy (non-hydrogen) atoms. The normalized spacial score (nSPS) is 24.3. The fraction of sp³-hybridized carbons (Fsp3) is 0.559. The van der Waals surface area contributed by atoms with Crippen molar-refractivity contribution in [3.05, 3.63) is 58.7 Å². The van der Waals surface area contributed by atoms with Gasteiger partial charge in [-0.15, -0.1) is 0 Å². The van der Waals surface area contributed by atoms with Gasteiger partial charge in [0.25, 0.3) is 11.8 Å². The molecule has 0 spiro atoms. The summed E-state index contributed by atoms with van der Waals surface area (Å²) >= 11 is 0. The molecule has 0 unspecified atom stereocenters. The Kier molecular flexibility index (Phi) is 9.56. The minimum absolute atomic E-state index is 0.0146. The third-order valence-electron chi connectivity index (χ3n) is 9.76. The number of carbonyl (C=O) groups is 3. The fourth-order valence-corrected chi connectivity index (χ4v) is 7.15. The predicted octanol–water partition coefficient (Wildman–Crippen LogP) is 4.11. The number of carbonyl (C=O) groups excluding carboxylic acids is 3. The molecule has 6 rings (SSSR count). The van der Waals surface area contributed by atoms with Crippen LogP contribution in [0, 0.1) is 12.8 Å². The molecule has 3 aliphatic heterocycles. The van der Waals surface area contributed by atoms with Crippen molar-refractivity contribution in [3.63, 3.8) is 0 Å². The summed E-state index contributed by atoms with van der Waals surface area (Å²) in [5.74, 6) is -1.08. The number of halogens is 3. The van der Waals surface area contributed by atoms with Crippen molar-refractivity contribution in [2.45, 2.75) is 57.2 Å². The first-order valence-corrected chi connectivity index (χ1v) is 16.4. The molecule has 1 atom stereocenters. The predicted molar refractivity (Wildman–Crippen MR) is 167 cm³/mol. The minimum atomic E-state index is -4.19. The second-order valence-corrected chi connectivity index (χ2v) is 12.9. The molecule has 4 fully saturated rings. The molecular weight excluding hydrogens is 599 g/mol. The Labute approximate surface area is 267 Å². The number of nitrogens with one attached hydrogen (secondary N) is 2. The molecule has 1 saturated carbocycles. The average Bonchev–Trinajstić information content (AvgIpc) is 3.57. The number of ether oxygens (including phenoxy) is 1. The highest BCUT2D eigenvalue weighted by Crippen LogP contribution is 2.45. The molecule has 2 aromatic rings. The van der Waals surface area contributed by atoms with Crippen molar-refractivity contribution < 1.29 is 32.3 Å². The van der Waals surface area contributed by atoms with Gasteiger partial charge in [0.2, 0.25) is 5.91 Å². The van der Waals surface area contributed by atoms with Crippen LogP contribution in [-0.2, 0) is 4.79 Å². The first-order chi connectivity index (χ1) is 22.1. The summed E-state index contributed by atoms with van der Waals surface area (Å²) in [5, 5.41) is 6.34. The van der Waals surface area contributed by atoms with E-state index >= 15 is 0 Å². The lowest BCUT2D eigenvalue weighted by atomic mass is 9.78. The van der Waals surface area contributed by atoms with Crippen LogP contribution in [0.3, 0.4) is 0 Å². The third kappa shape index (κ3) is 7.17. The van der Waals surface area contributed by atoms with E-state index in [1.165, 1.54) is 0 Å². The molecule has 9 nitrogen and oxygen atoms in total. The van der Waals surface area contributed by atoms with Gasteiger partial charge >= 0.3 is 6.18 Å². The summed E-state index contributed by atoms with van der Waals surface area (Å²) in [4.78, 5) is 44.8. The lowest BCUT2D eigenvalue weighted by molar-refractivity contribution is -0.182. The zero-order chi connectivity index (χ0) is 32.4. The van der Waals surface area contributed by atoms with Crippen molar-refractivity contribution in [2.75, 3.05) is 63.8 Å². The van der Waals surface area contributed by atoms with Crippen LogP contribution in [-0.4, -0.2) is 98.7 Å². The Hall–Kier alpha value is -3.64. The van der Waals surface area contributed by atoms with Gasteiger partial charge in [-0.05, 0) is 99.0 Å². The summed E-state index contributed by atoms with van der Waals surface area (Å²) in [6.07, 6.45) is -2.42. The van der Waals surface area contributed by atoms with Crippen molar-refractivity contribution in [1.29, 1.82) is 0 Å². The molecule has 0 bridgehead atoms. The fourth-order valence-electron chi connectivity index (χ4n) is 7.15. The maximum atomic E-state index is 13.7. The molecule has 1 aliphatic carbocycles. The number of nitrogens with zero attached hydrogens (tertiary/aromatic N) is 3. The maximum Gasteiger partial charge on any atom is 0.391 e. The van der Waals surface area contributed by atoms with Crippen LogP contribution < -0.4 is 20.3 Å². The molecule has 3 amide bonds. The minimum Gasteiger partial charge on any atom is -0.489 e. The van der Waals surface area contributed by atoms with E-state index in [4.69, 9.17) is 4.74 Å². The molecule has 2 aromatic carbocycles. The first-order valence-electron chi connectivity index (χ1n) is 16.4. The van der Waals surface area contributed by atoms with Crippen LogP contribution in [0.25, 0.3) is 0 Å². The van der Waals surface area contributed by atoms with Crippen molar-refractivity contribution in [2.24, 2.45) is 5.92 Å². The van der Waals surface area contributed by atoms with Gasteiger partial charge in [0, 0.05) is 62.6 Å². The van der Waals surface area contributed by atoms with E-state index in [-0.39, 0.29) is 49.1 Å². The number of rotatable bonds is 6. The molecule has 248 valence electrons. The lowest BCUT2D eigenvalue weighted by Crippen LogP contribution is -2.50. The highest BCUT2D eigenvalue weighted by Gasteiger charge is 2.42. The van der Waals surface area contributed by atoms with Gasteiger partial charge in [0.15, 0.2) is 0 Å². The van der Waals surface area contributed by atoms with Crippen LogP contribution in [0.15, 0.2) is 36.4 Å². The Balaban J connectivity index is 1.13. The summed E-state index contributed by atoms with van der Waals surface area (Å²) in [5.41, 5.74) is 3.40. The van der Waals surface area contributed by atoms with E-state index in [9.17, 15) is 27.6 Å². The molecule has 4 aliphatic rings. The molecule has 3 saturated heterocycles. The molecule has 12 heteroatoms. The second kappa shape index (κ2) is 13.6. The SMILES string of the molecule is Cc1cc(C(=O)N2CCN(C(=O)c3ccc(O[C@H]4CCNC4)c(C4CCC(C(F)(F)F)CC4)c3)CC2)cc(N2CCNCC2=O)c1. The molecule has 3 heterocycles. The monoisotopic (exact) mass is 641 g/mol. The van der Waals surface area contributed by atoms with Gasteiger partial charge in [-0.3, -0.25) is 14.4 Å². The smallest absolute Gasteiger partial charge is 0.391 e. The zero-order valence-electron chi connectivity index (χ0n) is 26.2. The standard InChI is InChI=1S/C34H42F3N5O4/c1-22-16-25(18-27(17-22)42-11-10-39-21-31(42)43)33(45)41-14-12-40(13-15-41)32(44)24-4-7-30(46-28-8-9-38-20-28)29(19-24)23-2-5-26(6-3-23)34(35,36)37/h4,7,16-19,23,26,28,38-39H,2-3,5-6,8-15,20-21H2,1H3/t23?,26?,28-/m0/s1. The van der Waals surface area contributed by atoms with Crippen LogP contribution in [0.5, 0.6) is 5.75 Å². The van der Waals surface area contributed by atoms with E-state index in [1.54, 1.807) is 32.9 Å². The number of hydrogen-bond donors (Lipinski definition) is 2. The molecule has 2 N–H and O–H groups in total. The van der Waals surface area contributed by atoms with Gasteiger partial charge in [0.05, 0.1) is 12.5 Å². The van der Waals surface area contributed by atoms with Crippen LogP contribution in [0.1, 0.15) is 69.9 Å². The maximum absolute atomic E-state index is 13.7. The van der Waals surface area contributed by atoms with E-state index in [1.807, 2.05) is 25.1 Å². The van der Waals surface area contributed by atoms with Gasteiger partial charge in [-0.1, -0.05) is 0 Å². The summed E-state index contributed by atoms with van der Waals surface area (Å²) in [7, 11) is 0. The zero-order valence-corrected chi connectivity index (χ0v) is 26.2. The highest BCUT2D eigenvalue weighted by atomic mass is 19.4. The van der Waals surface area contributed by atoms with E-state index in [2.05, 4.69) is 10.6 Å². The van der Waals surface area contributed by atoms with Crippen molar-refractivity contribution in [3.8, 4) is 5.75 Å².